The Morgan fingerprint density at radius 1 is 1.36 bits per heavy atom. The number of piperidine rings is 1. The second-order valence-corrected chi connectivity index (χ2v) is 5.26. The molecule has 0 aromatic heterocycles. The van der Waals surface area contributed by atoms with Gasteiger partial charge in [0.25, 0.3) is 0 Å². The van der Waals surface area contributed by atoms with Crippen molar-refractivity contribution in [2.75, 3.05) is 11.9 Å². The van der Waals surface area contributed by atoms with Gasteiger partial charge in [-0.15, -0.1) is 12.4 Å². The highest BCUT2D eigenvalue weighted by Gasteiger charge is 2.32. The molecule has 124 valence electrons. The third-order valence-corrected chi connectivity index (χ3v) is 3.55. The van der Waals surface area contributed by atoms with Gasteiger partial charge < -0.3 is 10.6 Å². The fraction of sp³-hybridized carbons (Fsp3) is 0.500. The Balaban J connectivity index is 0.00000242. The molecule has 0 spiro atoms. The van der Waals surface area contributed by atoms with Crippen LogP contribution in [0.3, 0.4) is 0 Å². The number of benzene rings is 1. The second kappa shape index (κ2) is 7.28. The van der Waals surface area contributed by atoms with Crippen molar-refractivity contribution in [1.29, 1.82) is 0 Å². The normalized spacial score (nSPS) is 21.9. The summed E-state index contributed by atoms with van der Waals surface area (Å²) in [4.78, 5) is 12.0. The number of hydrogen-bond acceptors (Lipinski definition) is 2. The summed E-state index contributed by atoms with van der Waals surface area (Å²) in [6.07, 6.45) is -3.42. The van der Waals surface area contributed by atoms with Gasteiger partial charge in [0, 0.05) is 12.0 Å². The number of halogens is 5. The van der Waals surface area contributed by atoms with Gasteiger partial charge in [-0.2, -0.15) is 13.2 Å². The predicted octanol–water partition coefficient (Wildman–Crippen LogP) is 3.59. The molecular weight excluding hydrogens is 324 g/mol. The number of hydrogen-bond donors (Lipinski definition) is 2. The molecule has 3 nitrogen and oxygen atoms in total. The molecule has 0 saturated carbocycles. The van der Waals surface area contributed by atoms with Gasteiger partial charge in [0.1, 0.15) is 5.82 Å². The van der Waals surface area contributed by atoms with E-state index in [1.54, 1.807) is 0 Å². The number of carbonyl (C=O) groups is 1. The molecule has 2 atom stereocenters. The maximum Gasteiger partial charge on any atom is 0.416 e. The fourth-order valence-electron chi connectivity index (χ4n) is 2.40. The number of anilines is 1. The Morgan fingerprint density at radius 2 is 2.05 bits per heavy atom. The van der Waals surface area contributed by atoms with Crippen LogP contribution in [-0.4, -0.2) is 18.5 Å². The average Bonchev–Trinajstić information content (AvgIpc) is 2.40. The first-order valence-electron chi connectivity index (χ1n) is 6.68. The molecule has 1 aromatic carbocycles. The molecule has 0 unspecified atom stereocenters. The van der Waals surface area contributed by atoms with E-state index in [1.165, 1.54) is 0 Å². The first-order chi connectivity index (χ1) is 9.77. The van der Waals surface area contributed by atoms with Gasteiger partial charge in [0.05, 0.1) is 11.3 Å². The molecule has 1 amide bonds. The summed E-state index contributed by atoms with van der Waals surface area (Å²) >= 11 is 0. The van der Waals surface area contributed by atoms with Crippen LogP contribution in [0, 0.1) is 11.7 Å². The van der Waals surface area contributed by atoms with E-state index in [2.05, 4.69) is 10.6 Å². The Morgan fingerprint density at radius 3 is 2.64 bits per heavy atom. The van der Waals surface area contributed by atoms with E-state index in [1.807, 2.05) is 6.92 Å². The topological polar surface area (TPSA) is 41.1 Å². The van der Waals surface area contributed by atoms with Gasteiger partial charge in [-0.3, -0.25) is 4.79 Å². The molecule has 1 aliphatic heterocycles. The van der Waals surface area contributed by atoms with Crippen LogP contribution in [0.2, 0.25) is 0 Å². The average molecular weight is 341 g/mol. The van der Waals surface area contributed by atoms with Crippen molar-refractivity contribution in [3.63, 3.8) is 0 Å². The SMILES string of the molecule is C[C@H]1C[C@@H](C(=O)Nc2cc(C(F)(F)F)ccc2F)CCN1.Cl. The molecule has 1 saturated heterocycles. The minimum absolute atomic E-state index is 0. The van der Waals surface area contributed by atoms with Gasteiger partial charge in [-0.25, -0.2) is 4.39 Å². The van der Waals surface area contributed by atoms with E-state index in [9.17, 15) is 22.4 Å². The molecule has 8 heteroatoms. The summed E-state index contributed by atoms with van der Waals surface area (Å²) in [7, 11) is 0. The van der Waals surface area contributed by atoms with E-state index in [-0.39, 0.29) is 24.4 Å². The van der Waals surface area contributed by atoms with Crippen LogP contribution in [0.5, 0.6) is 0 Å². The van der Waals surface area contributed by atoms with E-state index >= 15 is 0 Å². The van der Waals surface area contributed by atoms with E-state index in [4.69, 9.17) is 0 Å². The molecule has 1 heterocycles. The van der Waals surface area contributed by atoms with Crippen LogP contribution in [0.1, 0.15) is 25.3 Å². The summed E-state index contributed by atoms with van der Waals surface area (Å²) in [5.74, 6) is -1.64. The largest absolute Gasteiger partial charge is 0.416 e. The van der Waals surface area contributed by atoms with Crippen molar-refractivity contribution in [2.45, 2.75) is 32.0 Å². The number of alkyl halides is 3. The zero-order chi connectivity index (χ0) is 15.6. The molecule has 2 N–H and O–H groups in total. The molecular formula is C14H17ClF4N2O. The van der Waals surface area contributed by atoms with E-state index in [0.29, 0.717) is 37.6 Å². The third-order valence-electron chi connectivity index (χ3n) is 3.55. The smallest absolute Gasteiger partial charge is 0.323 e. The number of rotatable bonds is 2. The lowest BCUT2D eigenvalue weighted by Gasteiger charge is -2.27. The second-order valence-electron chi connectivity index (χ2n) is 5.26. The van der Waals surface area contributed by atoms with E-state index in [0.717, 1.165) is 0 Å². The molecule has 2 rings (SSSR count). The lowest BCUT2D eigenvalue weighted by atomic mass is 9.92. The highest BCUT2D eigenvalue weighted by molar-refractivity contribution is 5.92. The quantitative estimate of drug-likeness (QED) is 0.808. The van der Waals surface area contributed by atoms with E-state index < -0.39 is 29.2 Å². The lowest BCUT2D eigenvalue weighted by Crippen LogP contribution is -2.40. The Labute approximate surface area is 131 Å². The lowest BCUT2D eigenvalue weighted by molar-refractivity contribution is -0.137. The molecule has 22 heavy (non-hydrogen) atoms. The number of amides is 1. The Hall–Kier alpha value is -1.34. The van der Waals surface area contributed by atoms with Crippen molar-refractivity contribution in [3.8, 4) is 0 Å². The zero-order valence-electron chi connectivity index (χ0n) is 11.8. The molecule has 0 aliphatic carbocycles. The molecule has 1 aliphatic rings. The summed E-state index contributed by atoms with van der Waals surface area (Å²) in [6.45, 7) is 2.58. The van der Waals surface area contributed by atoms with Gasteiger partial charge in [0.15, 0.2) is 0 Å². The molecule has 1 fully saturated rings. The van der Waals surface area contributed by atoms with Crippen LogP contribution in [0.15, 0.2) is 18.2 Å². The zero-order valence-corrected chi connectivity index (χ0v) is 12.7. The third kappa shape index (κ3) is 4.58. The van der Waals surface area contributed by atoms with Gasteiger partial charge in [0.2, 0.25) is 5.91 Å². The maximum absolute atomic E-state index is 13.6. The van der Waals surface area contributed by atoms with Crippen LogP contribution in [0.4, 0.5) is 23.2 Å². The van der Waals surface area contributed by atoms with Crippen LogP contribution in [0.25, 0.3) is 0 Å². The Kier molecular flexibility index (Phi) is 6.19. The minimum atomic E-state index is -4.57. The van der Waals surface area contributed by atoms with Gasteiger partial charge >= 0.3 is 6.18 Å². The summed E-state index contributed by atoms with van der Waals surface area (Å²) in [5, 5.41) is 5.44. The Bertz CT molecular complexity index is 536. The highest BCUT2D eigenvalue weighted by Crippen LogP contribution is 2.32. The highest BCUT2D eigenvalue weighted by atomic mass is 35.5. The van der Waals surface area contributed by atoms with Crippen LogP contribution >= 0.6 is 12.4 Å². The summed E-state index contributed by atoms with van der Waals surface area (Å²) in [6, 6.07) is 2.14. The maximum atomic E-state index is 13.6. The van der Waals surface area contributed by atoms with Crippen molar-refractivity contribution in [3.05, 3.63) is 29.6 Å². The predicted molar refractivity (Wildman–Crippen MR) is 77.5 cm³/mol. The number of nitrogens with one attached hydrogen (secondary N) is 2. The minimum Gasteiger partial charge on any atom is -0.323 e. The first kappa shape index (κ1) is 18.7. The first-order valence-corrected chi connectivity index (χ1v) is 6.68. The van der Waals surface area contributed by atoms with Gasteiger partial charge in [-0.05, 0) is 44.5 Å². The summed E-state index contributed by atoms with van der Waals surface area (Å²) < 4.78 is 51.4. The monoisotopic (exact) mass is 340 g/mol. The van der Waals surface area contributed by atoms with Crippen molar-refractivity contribution in [1.82, 2.24) is 5.32 Å². The molecule has 0 bridgehead atoms. The summed E-state index contributed by atoms with van der Waals surface area (Å²) in [5.41, 5.74) is -1.42. The standard InChI is InChI=1S/C14H16F4N2O.ClH/c1-8-6-9(4-5-19-8)13(21)20-12-7-10(14(16,17)18)2-3-11(12)15;/h2-3,7-9,19H,4-6H2,1H3,(H,20,21);1H/t8-,9-;/m0./s1. The van der Waals surface area contributed by atoms with Gasteiger partial charge in [-0.1, -0.05) is 0 Å². The molecule has 1 aromatic rings. The van der Waals surface area contributed by atoms with Crippen molar-refractivity contribution < 1.29 is 22.4 Å². The molecule has 0 radical (unpaired) electrons. The van der Waals surface area contributed by atoms with Crippen molar-refractivity contribution >= 4 is 24.0 Å². The van der Waals surface area contributed by atoms with Crippen molar-refractivity contribution in [2.24, 2.45) is 5.92 Å². The fourth-order valence-corrected chi connectivity index (χ4v) is 2.40. The van der Waals surface area contributed by atoms with Crippen LogP contribution < -0.4 is 10.6 Å². The number of carbonyl (C=O) groups excluding carboxylic acids is 1. The van der Waals surface area contributed by atoms with Crippen LogP contribution in [-0.2, 0) is 11.0 Å².